The van der Waals surface area contributed by atoms with Gasteiger partial charge in [0, 0.05) is 18.8 Å². The highest BCUT2D eigenvalue weighted by Gasteiger charge is 2.28. The number of para-hydroxylation sites is 1. The number of hydrogen-bond acceptors (Lipinski definition) is 3. The predicted octanol–water partition coefficient (Wildman–Crippen LogP) is 2.90. The quantitative estimate of drug-likeness (QED) is 0.874. The standard InChI is InChI=1S/C17H26N2O2.ClH/c1-13-7-5-8-14(2)16(13)18-17(21)15-9-3-4-10-19(15)11-6-12-20;/h5,7-8,15,20H,3-4,6,9-12H2,1-2H3,(H,18,21);1H. The minimum atomic E-state index is -0.0655. The Hall–Kier alpha value is -1.10. The van der Waals surface area contributed by atoms with Crippen LogP contribution in [0.15, 0.2) is 18.2 Å². The molecule has 22 heavy (non-hydrogen) atoms. The molecule has 1 unspecified atom stereocenters. The second-order valence-corrected chi connectivity index (χ2v) is 5.88. The van der Waals surface area contributed by atoms with Gasteiger partial charge in [-0.3, -0.25) is 9.69 Å². The number of rotatable bonds is 5. The van der Waals surface area contributed by atoms with Crippen molar-refractivity contribution in [2.24, 2.45) is 0 Å². The number of carbonyl (C=O) groups is 1. The van der Waals surface area contributed by atoms with Gasteiger partial charge in [-0.25, -0.2) is 0 Å². The molecule has 0 aliphatic carbocycles. The Balaban J connectivity index is 0.00000242. The fourth-order valence-corrected chi connectivity index (χ4v) is 3.05. The molecule has 0 radical (unpaired) electrons. The van der Waals surface area contributed by atoms with Gasteiger partial charge in [-0.05, 0) is 50.8 Å². The smallest absolute Gasteiger partial charge is 0.241 e. The first-order valence-corrected chi connectivity index (χ1v) is 7.85. The molecule has 0 spiro atoms. The number of anilines is 1. The van der Waals surface area contributed by atoms with Crippen LogP contribution in [0.2, 0.25) is 0 Å². The van der Waals surface area contributed by atoms with E-state index in [4.69, 9.17) is 5.11 Å². The van der Waals surface area contributed by atoms with Crippen molar-refractivity contribution in [3.63, 3.8) is 0 Å². The number of halogens is 1. The Labute approximate surface area is 139 Å². The van der Waals surface area contributed by atoms with E-state index in [9.17, 15) is 4.79 Å². The third-order valence-corrected chi connectivity index (χ3v) is 4.25. The fourth-order valence-electron chi connectivity index (χ4n) is 3.05. The van der Waals surface area contributed by atoms with Gasteiger partial charge in [-0.2, -0.15) is 0 Å². The number of benzene rings is 1. The van der Waals surface area contributed by atoms with Crippen molar-refractivity contribution in [1.29, 1.82) is 0 Å². The monoisotopic (exact) mass is 326 g/mol. The molecule has 1 heterocycles. The molecule has 1 saturated heterocycles. The highest BCUT2D eigenvalue weighted by molar-refractivity contribution is 5.96. The van der Waals surface area contributed by atoms with E-state index < -0.39 is 0 Å². The van der Waals surface area contributed by atoms with E-state index in [0.29, 0.717) is 0 Å². The molecule has 1 aliphatic rings. The summed E-state index contributed by atoms with van der Waals surface area (Å²) in [6.45, 7) is 5.97. The van der Waals surface area contributed by atoms with Crippen molar-refractivity contribution in [2.45, 2.75) is 45.6 Å². The molecule has 2 rings (SSSR count). The molecule has 2 N–H and O–H groups in total. The average Bonchev–Trinajstić information content (AvgIpc) is 2.49. The Morgan fingerprint density at radius 1 is 1.32 bits per heavy atom. The van der Waals surface area contributed by atoms with E-state index in [-0.39, 0.29) is 31.0 Å². The van der Waals surface area contributed by atoms with E-state index in [1.54, 1.807) is 0 Å². The number of aliphatic hydroxyl groups is 1. The predicted molar refractivity (Wildman–Crippen MR) is 92.7 cm³/mol. The topological polar surface area (TPSA) is 52.6 Å². The number of aliphatic hydroxyl groups excluding tert-OH is 1. The Morgan fingerprint density at radius 3 is 2.64 bits per heavy atom. The number of aryl methyl sites for hydroxylation is 2. The third kappa shape index (κ3) is 4.70. The molecule has 1 amide bonds. The molecule has 1 aromatic rings. The van der Waals surface area contributed by atoms with Gasteiger partial charge in [0.15, 0.2) is 0 Å². The highest BCUT2D eigenvalue weighted by atomic mass is 35.5. The number of amides is 1. The van der Waals surface area contributed by atoms with Crippen molar-refractivity contribution < 1.29 is 9.90 Å². The van der Waals surface area contributed by atoms with Gasteiger partial charge in [-0.15, -0.1) is 12.4 Å². The summed E-state index contributed by atoms with van der Waals surface area (Å²) >= 11 is 0. The van der Waals surface area contributed by atoms with Crippen molar-refractivity contribution in [3.8, 4) is 0 Å². The lowest BCUT2D eigenvalue weighted by molar-refractivity contribution is -0.122. The minimum absolute atomic E-state index is 0. The summed E-state index contributed by atoms with van der Waals surface area (Å²) < 4.78 is 0. The van der Waals surface area contributed by atoms with Crippen molar-refractivity contribution in [3.05, 3.63) is 29.3 Å². The SMILES string of the molecule is Cc1cccc(C)c1NC(=O)C1CCCCN1CCCO.Cl. The molecule has 0 bridgehead atoms. The van der Waals surface area contributed by atoms with Crippen LogP contribution in [0.5, 0.6) is 0 Å². The summed E-state index contributed by atoms with van der Waals surface area (Å²) in [7, 11) is 0. The number of piperidine rings is 1. The average molecular weight is 327 g/mol. The Bertz CT molecular complexity index is 473. The first-order chi connectivity index (χ1) is 10.1. The summed E-state index contributed by atoms with van der Waals surface area (Å²) in [5, 5.41) is 12.1. The van der Waals surface area contributed by atoms with Gasteiger partial charge in [0.2, 0.25) is 5.91 Å². The van der Waals surface area contributed by atoms with Gasteiger partial charge in [0.25, 0.3) is 0 Å². The van der Waals surface area contributed by atoms with Gasteiger partial charge < -0.3 is 10.4 Å². The van der Waals surface area contributed by atoms with Crippen molar-refractivity contribution in [2.75, 3.05) is 25.0 Å². The van der Waals surface area contributed by atoms with E-state index in [0.717, 1.165) is 55.6 Å². The molecule has 4 nitrogen and oxygen atoms in total. The zero-order chi connectivity index (χ0) is 15.2. The zero-order valence-electron chi connectivity index (χ0n) is 13.5. The van der Waals surface area contributed by atoms with E-state index in [1.165, 1.54) is 0 Å². The van der Waals surface area contributed by atoms with Gasteiger partial charge in [0.05, 0.1) is 6.04 Å². The van der Waals surface area contributed by atoms with Crippen LogP contribution in [0.1, 0.15) is 36.8 Å². The fraction of sp³-hybridized carbons (Fsp3) is 0.588. The van der Waals surface area contributed by atoms with Gasteiger partial charge >= 0.3 is 0 Å². The molecule has 0 aromatic heterocycles. The molecule has 1 atom stereocenters. The second kappa shape index (κ2) is 9.13. The van der Waals surface area contributed by atoms with Crippen LogP contribution in [0.4, 0.5) is 5.69 Å². The third-order valence-electron chi connectivity index (χ3n) is 4.25. The summed E-state index contributed by atoms with van der Waals surface area (Å²) in [4.78, 5) is 14.8. The first-order valence-electron chi connectivity index (χ1n) is 7.85. The second-order valence-electron chi connectivity index (χ2n) is 5.88. The van der Waals surface area contributed by atoms with Gasteiger partial charge in [0.1, 0.15) is 0 Å². The molecule has 1 aromatic carbocycles. The lowest BCUT2D eigenvalue weighted by atomic mass is 10.0. The molecule has 0 saturated carbocycles. The van der Waals surface area contributed by atoms with Crippen LogP contribution >= 0.6 is 12.4 Å². The molecule has 5 heteroatoms. The summed E-state index contributed by atoms with van der Waals surface area (Å²) in [5.41, 5.74) is 3.14. The van der Waals surface area contributed by atoms with Crippen molar-refractivity contribution in [1.82, 2.24) is 4.90 Å². The maximum atomic E-state index is 12.6. The number of nitrogens with zero attached hydrogens (tertiary/aromatic N) is 1. The Morgan fingerprint density at radius 2 is 2.00 bits per heavy atom. The number of carbonyl (C=O) groups excluding carboxylic acids is 1. The summed E-state index contributed by atoms with van der Waals surface area (Å²) in [6.07, 6.45) is 3.87. The van der Waals surface area contributed by atoms with Crippen LogP contribution in [0.3, 0.4) is 0 Å². The lowest BCUT2D eigenvalue weighted by Gasteiger charge is -2.34. The molecule has 1 aliphatic heterocycles. The first kappa shape index (κ1) is 18.9. The molecular weight excluding hydrogens is 300 g/mol. The number of nitrogens with one attached hydrogen (secondary N) is 1. The zero-order valence-corrected chi connectivity index (χ0v) is 14.3. The summed E-state index contributed by atoms with van der Waals surface area (Å²) in [5.74, 6) is 0.0880. The van der Waals surface area contributed by atoms with Crippen LogP contribution in [0, 0.1) is 13.8 Å². The van der Waals surface area contributed by atoms with Crippen LogP contribution in [0.25, 0.3) is 0 Å². The van der Waals surface area contributed by atoms with Crippen LogP contribution in [-0.2, 0) is 4.79 Å². The Kier molecular flexibility index (Phi) is 7.87. The van der Waals surface area contributed by atoms with Crippen LogP contribution in [-0.4, -0.2) is 41.7 Å². The normalized spacial score (nSPS) is 18.6. The summed E-state index contributed by atoms with van der Waals surface area (Å²) in [6, 6.07) is 5.98. The van der Waals surface area contributed by atoms with Crippen molar-refractivity contribution >= 4 is 24.0 Å². The van der Waals surface area contributed by atoms with E-state index in [1.807, 2.05) is 32.0 Å². The lowest BCUT2D eigenvalue weighted by Crippen LogP contribution is -2.47. The largest absolute Gasteiger partial charge is 0.396 e. The minimum Gasteiger partial charge on any atom is -0.396 e. The molecular formula is C17H27ClN2O2. The van der Waals surface area contributed by atoms with Crippen LogP contribution < -0.4 is 5.32 Å². The maximum Gasteiger partial charge on any atom is 0.241 e. The maximum absolute atomic E-state index is 12.6. The van der Waals surface area contributed by atoms with Gasteiger partial charge in [-0.1, -0.05) is 24.6 Å². The number of hydrogen-bond donors (Lipinski definition) is 2. The molecule has 124 valence electrons. The number of likely N-dealkylation sites (tertiary alicyclic amines) is 1. The van der Waals surface area contributed by atoms with E-state index >= 15 is 0 Å². The molecule has 1 fully saturated rings. The van der Waals surface area contributed by atoms with E-state index in [2.05, 4.69) is 10.2 Å². The highest BCUT2D eigenvalue weighted by Crippen LogP contribution is 2.23.